The predicted molar refractivity (Wildman–Crippen MR) is 151 cm³/mol. The van der Waals surface area contributed by atoms with Crippen molar-refractivity contribution in [2.75, 3.05) is 6.61 Å². The highest BCUT2D eigenvalue weighted by atomic mass is 28.4. The van der Waals surface area contributed by atoms with E-state index < -0.39 is 22.6 Å². The van der Waals surface area contributed by atoms with Crippen LogP contribution in [0.2, 0.25) is 33.2 Å². The Morgan fingerprint density at radius 3 is 1.56 bits per heavy atom. The van der Waals surface area contributed by atoms with Crippen LogP contribution in [-0.2, 0) is 20.6 Å². The Kier molecular flexibility index (Phi) is 12.2. The number of carbonyl (C=O) groups excluding carboxylic acids is 1. The first-order valence-electron chi connectivity index (χ1n) is 13.3. The van der Waals surface area contributed by atoms with E-state index in [9.17, 15) is 4.79 Å². The molecule has 0 saturated heterocycles. The van der Waals surface area contributed by atoms with Gasteiger partial charge in [0.2, 0.25) is 0 Å². The molecule has 1 aromatic rings. The van der Waals surface area contributed by atoms with Crippen LogP contribution in [0.25, 0.3) is 0 Å². The zero-order chi connectivity index (χ0) is 26.3. The van der Waals surface area contributed by atoms with Gasteiger partial charge >= 0.3 is 5.97 Å². The smallest absolute Gasteiger partial charge is 0.311 e. The average molecular weight is 508 g/mol. The molecule has 1 rings (SSSR count). The van der Waals surface area contributed by atoms with E-state index in [0.29, 0.717) is 46.5 Å². The Balaban J connectivity index is 3.32. The van der Waals surface area contributed by atoms with Crippen LogP contribution in [0.1, 0.15) is 88.6 Å². The van der Waals surface area contributed by atoms with E-state index in [1.54, 1.807) is 0 Å². The summed E-state index contributed by atoms with van der Waals surface area (Å²) in [5.74, 6) is -0.116. The summed E-state index contributed by atoms with van der Waals surface area (Å²) in [4.78, 5) is 17.9. The molecule has 0 aliphatic carbocycles. The van der Waals surface area contributed by atoms with Crippen LogP contribution in [0.3, 0.4) is 0 Å². The van der Waals surface area contributed by atoms with E-state index in [1.165, 1.54) is 0 Å². The predicted octanol–water partition coefficient (Wildman–Crippen LogP) is 8.06. The molecule has 0 unspecified atom stereocenters. The largest absolute Gasteiger partial charge is 0.517 e. The minimum absolute atomic E-state index is 0.116. The van der Waals surface area contributed by atoms with Crippen LogP contribution in [0.15, 0.2) is 30.3 Å². The van der Waals surface area contributed by atoms with Gasteiger partial charge in [-0.25, -0.2) is 0 Å². The Labute approximate surface area is 212 Å². The molecule has 0 aliphatic rings. The van der Waals surface area contributed by atoms with Crippen molar-refractivity contribution >= 4 is 22.5 Å². The van der Waals surface area contributed by atoms with E-state index in [0.717, 1.165) is 5.56 Å². The lowest BCUT2D eigenvalue weighted by molar-refractivity contribution is -0.139. The van der Waals surface area contributed by atoms with Crippen LogP contribution in [0, 0.1) is 0 Å². The van der Waals surface area contributed by atoms with E-state index >= 15 is 0 Å². The number of ether oxygens (including phenoxy) is 1. The Bertz CT molecular complexity index is 689. The molecule has 0 radical (unpaired) electrons. The zero-order valence-corrected chi connectivity index (χ0v) is 26.1. The van der Waals surface area contributed by atoms with Gasteiger partial charge in [-0.1, -0.05) is 113 Å². The van der Waals surface area contributed by atoms with Crippen molar-refractivity contribution in [3.63, 3.8) is 0 Å². The van der Waals surface area contributed by atoms with Crippen LogP contribution in [0.5, 0.6) is 0 Å². The minimum Gasteiger partial charge on any atom is -0.517 e. The number of hydrogen-bond donors (Lipinski definition) is 1. The van der Waals surface area contributed by atoms with Gasteiger partial charge < -0.3 is 14.1 Å². The van der Waals surface area contributed by atoms with Gasteiger partial charge in [0.25, 0.3) is 8.32 Å². The molecule has 4 nitrogen and oxygen atoms in total. The van der Waals surface area contributed by atoms with Crippen molar-refractivity contribution in [2.45, 2.75) is 129 Å². The fraction of sp³-hybridized carbons (Fsp3) is 0.750. The molecule has 0 fully saturated rings. The lowest BCUT2D eigenvalue weighted by atomic mass is 10.2. The van der Waals surface area contributed by atoms with Gasteiger partial charge in [0, 0.05) is 0 Å². The fourth-order valence-electron chi connectivity index (χ4n) is 6.44. The molecule has 1 atom stereocenters. The van der Waals surface area contributed by atoms with Gasteiger partial charge in [0.15, 0.2) is 0 Å². The molecule has 6 heteroatoms. The van der Waals surface area contributed by atoms with Crippen molar-refractivity contribution < 1.29 is 14.0 Å². The highest BCUT2D eigenvalue weighted by Gasteiger charge is 2.51. The third-order valence-corrected chi connectivity index (χ3v) is 20.5. The van der Waals surface area contributed by atoms with Gasteiger partial charge in [-0.15, -0.1) is 0 Å². The van der Waals surface area contributed by atoms with Crippen molar-refractivity contribution in [1.82, 2.24) is 4.98 Å². The van der Waals surface area contributed by atoms with Crippen molar-refractivity contribution in [2.24, 2.45) is 0 Å². The van der Waals surface area contributed by atoms with E-state index in [4.69, 9.17) is 9.16 Å². The minimum atomic E-state index is -2.34. The highest BCUT2D eigenvalue weighted by molar-refractivity contribution is 6.81. The monoisotopic (exact) mass is 507 g/mol. The van der Waals surface area contributed by atoms with Crippen LogP contribution < -0.4 is 4.98 Å². The number of rotatable bonds is 14. The molecule has 34 heavy (non-hydrogen) atoms. The summed E-state index contributed by atoms with van der Waals surface area (Å²) in [7, 11) is -4.40. The maximum Gasteiger partial charge on any atom is 0.311 e. The maximum atomic E-state index is 14.0. The molecule has 1 N–H and O–H groups in total. The summed E-state index contributed by atoms with van der Waals surface area (Å²) in [6.07, 6.45) is 0. The average Bonchev–Trinajstić information content (AvgIpc) is 2.73. The topological polar surface area (TPSA) is 47.6 Å². The second-order valence-electron chi connectivity index (χ2n) is 11.8. The number of carbonyl (C=O) groups is 1. The molecule has 0 heterocycles. The van der Waals surface area contributed by atoms with Crippen LogP contribution in [-0.4, -0.2) is 35.2 Å². The van der Waals surface area contributed by atoms with Gasteiger partial charge in [0.05, 0.1) is 13.2 Å². The molecule has 0 amide bonds. The molecule has 0 saturated carbocycles. The SMILES string of the molecule is CC(C)[Si](N[C@@H](COCc1ccccc1)C(=O)O[Si](C(C)C)(C(C)C)C(C)C)(C(C)C)C(C)C. The summed E-state index contributed by atoms with van der Waals surface area (Å²) >= 11 is 0. The van der Waals surface area contributed by atoms with E-state index in [2.05, 4.69) is 100 Å². The Hall–Kier alpha value is -0.956. The van der Waals surface area contributed by atoms with Gasteiger partial charge in [-0.2, -0.15) is 0 Å². The van der Waals surface area contributed by atoms with Crippen molar-refractivity contribution in [3.8, 4) is 0 Å². The summed E-state index contributed by atoms with van der Waals surface area (Å²) in [6.45, 7) is 28.0. The summed E-state index contributed by atoms with van der Waals surface area (Å²) in [5.41, 5.74) is 3.63. The molecular weight excluding hydrogens is 454 g/mol. The van der Waals surface area contributed by atoms with E-state index in [-0.39, 0.29) is 5.97 Å². The van der Waals surface area contributed by atoms with Crippen molar-refractivity contribution in [1.29, 1.82) is 0 Å². The normalized spacial score (nSPS) is 14.2. The lowest BCUT2D eigenvalue weighted by Crippen LogP contribution is -2.65. The van der Waals surface area contributed by atoms with Crippen molar-refractivity contribution in [3.05, 3.63) is 35.9 Å². The second kappa shape index (κ2) is 13.4. The molecule has 196 valence electrons. The molecule has 1 aromatic carbocycles. The molecular formula is C28H53NO3Si2. The fourth-order valence-corrected chi connectivity index (χ4v) is 17.4. The standard InChI is InChI=1S/C28H53NO3Si2/c1-20(2)33(21(3)4,22(5)6)29-27(19-31-18-26-16-14-13-15-17-26)28(30)32-34(23(7)8,24(9)10)25(11)12/h13-17,20-25,27,29H,18-19H2,1-12H3/t27-/m0/s1. The molecule has 0 aliphatic heterocycles. The number of hydrogen-bond acceptors (Lipinski definition) is 4. The van der Waals surface area contributed by atoms with Gasteiger partial charge in [0.1, 0.15) is 14.3 Å². The third-order valence-electron chi connectivity index (χ3n) is 7.96. The first kappa shape index (κ1) is 31.1. The quantitative estimate of drug-likeness (QED) is 0.259. The summed E-state index contributed by atoms with van der Waals surface area (Å²) in [6, 6.07) is 9.71. The third kappa shape index (κ3) is 7.05. The van der Waals surface area contributed by atoms with E-state index in [1.807, 2.05) is 18.2 Å². The summed E-state index contributed by atoms with van der Waals surface area (Å²) < 4.78 is 12.8. The molecule has 0 spiro atoms. The molecule has 0 aromatic heterocycles. The maximum absolute atomic E-state index is 14.0. The second-order valence-corrected chi connectivity index (χ2v) is 22.8. The van der Waals surface area contributed by atoms with Crippen LogP contribution in [0.4, 0.5) is 0 Å². The summed E-state index contributed by atoms with van der Waals surface area (Å²) in [5, 5.41) is 0. The Morgan fingerprint density at radius 2 is 1.18 bits per heavy atom. The Morgan fingerprint density at radius 1 is 0.735 bits per heavy atom. The lowest BCUT2D eigenvalue weighted by Gasteiger charge is -2.47. The van der Waals surface area contributed by atoms with Gasteiger partial charge in [-0.3, -0.25) is 4.79 Å². The molecule has 0 bridgehead atoms. The number of benzene rings is 1. The first-order valence-corrected chi connectivity index (χ1v) is 17.7. The van der Waals surface area contributed by atoms with Gasteiger partial charge in [-0.05, 0) is 38.8 Å². The zero-order valence-electron chi connectivity index (χ0n) is 24.1. The van der Waals surface area contributed by atoms with Crippen LogP contribution >= 0.6 is 0 Å². The highest BCUT2D eigenvalue weighted by Crippen LogP contribution is 2.43. The first-order chi connectivity index (χ1) is 15.7. The number of nitrogens with one attached hydrogen (secondary N) is 1.